The largest absolute Gasteiger partial charge is 0.298 e. The summed E-state index contributed by atoms with van der Waals surface area (Å²) in [6.07, 6.45) is 7.36. The van der Waals surface area contributed by atoms with Gasteiger partial charge in [-0.15, -0.1) is 0 Å². The van der Waals surface area contributed by atoms with Gasteiger partial charge >= 0.3 is 0 Å². The molecule has 6 aromatic rings. The Hall–Kier alpha value is -6.34. The molecule has 0 atom stereocenters. The van der Waals surface area contributed by atoms with Gasteiger partial charge in [0.15, 0.2) is 0 Å². The van der Waals surface area contributed by atoms with Crippen molar-refractivity contribution in [1.82, 2.24) is 19.9 Å². The van der Waals surface area contributed by atoms with Crippen LogP contribution < -0.4 is 5.43 Å². The number of nitrogens with zero attached hydrogens (tertiary/aromatic N) is 5. The van der Waals surface area contributed by atoms with E-state index in [4.69, 9.17) is 15.1 Å². The first kappa shape index (κ1) is 27.5. The van der Waals surface area contributed by atoms with E-state index in [1.807, 2.05) is 121 Å². The van der Waals surface area contributed by atoms with Crippen molar-refractivity contribution in [3.8, 4) is 33.9 Å². The second-order valence-corrected chi connectivity index (χ2v) is 10.3. The highest BCUT2D eigenvalue weighted by molar-refractivity contribution is 6.69. The highest BCUT2D eigenvalue weighted by Gasteiger charge is 2.25. The lowest BCUT2D eigenvalue weighted by atomic mass is 9.90. The molecule has 0 fully saturated rings. The van der Waals surface area contributed by atoms with Crippen molar-refractivity contribution in [2.45, 2.75) is 0 Å². The molecule has 2 aromatic carbocycles. The molecule has 0 unspecified atom stereocenters. The van der Waals surface area contributed by atoms with Gasteiger partial charge in [0.25, 0.3) is 0 Å². The molecule has 1 aliphatic rings. The first-order valence-corrected chi connectivity index (χ1v) is 14.5. The van der Waals surface area contributed by atoms with Crippen LogP contribution in [-0.2, 0) is 0 Å². The predicted molar refractivity (Wildman–Crippen MR) is 182 cm³/mol. The lowest BCUT2D eigenvalue weighted by molar-refractivity contribution is 1.22. The molecule has 7 nitrogen and oxygen atoms in total. The highest BCUT2D eigenvalue weighted by Crippen LogP contribution is 2.31. The number of benzene rings is 2. The number of anilines is 1. The van der Waals surface area contributed by atoms with E-state index >= 15 is 0 Å². The van der Waals surface area contributed by atoms with Crippen LogP contribution in [0.1, 0.15) is 11.4 Å². The van der Waals surface area contributed by atoms with Gasteiger partial charge in [0.2, 0.25) is 0 Å². The molecule has 0 radical (unpaired) electrons. The molecule has 7 heteroatoms. The number of hydrogen-bond donors (Lipinski definition) is 2. The minimum Gasteiger partial charge on any atom is -0.298 e. The molecule has 4 aromatic heterocycles. The minimum atomic E-state index is 0.230. The van der Waals surface area contributed by atoms with Crippen molar-refractivity contribution in [2.75, 3.05) is 5.43 Å². The fourth-order valence-electron chi connectivity index (χ4n) is 5.18. The molecule has 7 rings (SSSR count). The predicted octanol–water partition coefficient (Wildman–Crippen LogP) is 8.24. The third-order valence-electron chi connectivity index (χ3n) is 7.38. The first-order valence-electron chi connectivity index (χ1n) is 14.5. The summed E-state index contributed by atoms with van der Waals surface area (Å²) in [6.45, 7) is 0. The van der Waals surface area contributed by atoms with E-state index in [0.717, 1.165) is 39.6 Å². The molecule has 4 heterocycles. The lowest BCUT2D eigenvalue weighted by Crippen LogP contribution is -2.22. The Balaban J connectivity index is 1.32. The summed E-state index contributed by atoms with van der Waals surface area (Å²) >= 11 is 0. The number of para-hydroxylation sites is 1. The Kier molecular flexibility index (Phi) is 7.63. The van der Waals surface area contributed by atoms with Gasteiger partial charge in [0, 0.05) is 29.1 Å². The van der Waals surface area contributed by atoms with E-state index in [1.54, 1.807) is 12.4 Å². The molecule has 0 saturated carbocycles. The highest BCUT2D eigenvalue weighted by atomic mass is 15.3. The van der Waals surface area contributed by atoms with E-state index in [2.05, 4.69) is 33.6 Å². The van der Waals surface area contributed by atoms with Crippen molar-refractivity contribution < 1.29 is 0 Å². The summed E-state index contributed by atoms with van der Waals surface area (Å²) in [7, 11) is 0. The standard InChI is InChI=1S/C38H27N7/c39-37-28(30-18-10-20-35(42-30)33-16-6-8-24-40-33)22-23-29(31-19-11-21-36(43-31)34-17-7-9-25-41-34)38(37)45-44-32-15-5-4-14-27(32)26-12-2-1-3-13-26/h1-25,39,44H/b39-37?,45-38-. The average Bonchev–Trinajstić information content (AvgIpc) is 3.12. The van der Waals surface area contributed by atoms with E-state index in [-0.39, 0.29) is 5.71 Å². The summed E-state index contributed by atoms with van der Waals surface area (Å²) in [6, 6.07) is 41.2. The third kappa shape index (κ3) is 5.83. The summed E-state index contributed by atoms with van der Waals surface area (Å²) < 4.78 is 0. The Morgan fingerprint density at radius 3 is 1.67 bits per heavy atom. The number of pyridine rings is 4. The fourth-order valence-corrected chi connectivity index (χ4v) is 5.18. The van der Waals surface area contributed by atoms with Crippen LogP contribution in [-0.4, -0.2) is 31.4 Å². The molecular formula is C38H27N7. The van der Waals surface area contributed by atoms with Crippen molar-refractivity contribution in [3.05, 3.63) is 163 Å². The number of nitrogens with one attached hydrogen (secondary N) is 2. The first-order chi connectivity index (χ1) is 22.2. The monoisotopic (exact) mass is 581 g/mol. The lowest BCUT2D eigenvalue weighted by Gasteiger charge is -2.19. The number of aromatic nitrogens is 4. The van der Waals surface area contributed by atoms with E-state index in [9.17, 15) is 5.41 Å². The normalized spacial score (nSPS) is 13.7. The maximum absolute atomic E-state index is 9.42. The maximum atomic E-state index is 9.42. The Bertz CT molecular complexity index is 2080. The summed E-state index contributed by atoms with van der Waals surface area (Å²) in [5.41, 5.74) is 12.6. The van der Waals surface area contributed by atoms with Gasteiger partial charge in [-0.05, 0) is 72.3 Å². The molecule has 0 spiro atoms. The van der Waals surface area contributed by atoms with Crippen LogP contribution in [0.15, 0.2) is 157 Å². The van der Waals surface area contributed by atoms with Gasteiger partial charge in [0.1, 0.15) is 5.71 Å². The molecule has 1 aliphatic carbocycles. The van der Waals surface area contributed by atoms with Crippen LogP contribution in [0, 0.1) is 5.41 Å². The van der Waals surface area contributed by atoms with Gasteiger partial charge < -0.3 is 0 Å². The summed E-state index contributed by atoms with van der Waals surface area (Å²) in [5, 5.41) is 14.3. The number of allylic oxidation sites excluding steroid dienone is 4. The molecule has 0 bridgehead atoms. The molecular weight excluding hydrogens is 554 g/mol. The van der Waals surface area contributed by atoms with Gasteiger partial charge in [-0.3, -0.25) is 20.8 Å². The fraction of sp³-hybridized carbons (Fsp3) is 0. The summed E-state index contributed by atoms with van der Waals surface area (Å²) in [4.78, 5) is 18.7. The van der Waals surface area contributed by atoms with Crippen LogP contribution in [0.3, 0.4) is 0 Å². The van der Waals surface area contributed by atoms with Gasteiger partial charge in [-0.1, -0.05) is 72.8 Å². The van der Waals surface area contributed by atoms with Crippen molar-refractivity contribution in [2.24, 2.45) is 5.10 Å². The summed E-state index contributed by atoms with van der Waals surface area (Å²) in [5.74, 6) is 0. The van der Waals surface area contributed by atoms with E-state index in [0.29, 0.717) is 28.2 Å². The quantitative estimate of drug-likeness (QED) is 0.146. The minimum absolute atomic E-state index is 0.230. The van der Waals surface area contributed by atoms with Gasteiger partial charge in [-0.25, -0.2) is 9.97 Å². The third-order valence-corrected chi connectivity index (χ3v) is 7.38. The van der Waals surface area contributed by atoms with Gasteiger partial charge in [-0.2, -0.15) is 5.10 Å². The SMILES string of the molecule is N=C1C(c2cccc(-c3ccccn3)n2)=CC=C(c2cccc(-c3ccccn3)n2)/C1=N/Nc1ccccc1-c1ccccc1. The zero-order chi connectivity index (χ0) is 30.4. The number of hydrogen-bond acceptors (Lipinski definition) is 7. The van der Waals surface area contributed by atoms with Crippen LogP contribution in [0.25, 0.3) is 45.0 Å². The second-order valence-electron chi connectivity index (χ2n) is 10.3. The van der Waals surface area contributed by atoms with Crippen molar-refractivity contribution in [1.29, 1.82) is 5.41 Å². The molecule has 214 valence electrons. The number of hydrazone groups is 1. The smallest absolute Gasteiger partial charge is 0.118 e. The maximum Gasteiger partial charge on any atom is 0.118 e. The average molecular weight is 582 g/mol. The second kappa shape index (κ2) is 12.5. The van der Waals surface area contributed by atoms with Crippen LogP contribution in [0.2, 0.25) is 0 Å². The Labute approximate surface area is 261 Å². The number of rotatable bonds is 7. The van der Waals surface area contributed by atoms with Crippen LogP contribution >= 0.6 is 0 Å². The Morgan fingerprint density at radius 1 is 0.489 bits per heavy atom. The molecule has 2 N–H and O–H groups in total. The van der Waals surface area contributed by atoms with Crippen molar-refractivity contribution in [3.63, 3.8) is 0 Å². The zero-order valence-electron chi connectivity index (χ0n) is 24.2. The van der Waals surface area contributed by atoms with Crippen LogP contribution in [0.4, 0.5) is 5.69 Å². The topological polar surface area (TPSA) is 99.8 Å². The van der Waals surface area contributed by atoms with E-state index < -0.39 is 0 Å². The molecule has 0 aliphatic heterocycles. The van der Waals surface area contributed by atoms with E-state index in [1.165, 1.54) is 0 Å². The van der Waals surface area contributed by atoms with Crippen molar-refractivity contribution >= 4 is 28.3 Å². The molecule has 45 heavy (non-hydrogen) atoms. The molecule has 0 saturated heterocycles. The van der Waals surface area contributed by atoms with Crippen LogP contribution in [0.5, 0.6) is 0 Å². The van der Waals surface area contributed by atoms with Gasteiger partial charge in [0.05, 0.1) is 45.6 Å². The molecule has 0 amide bonds. The zero-order valence-corrected chi connectivity index (χ0v) is 24.2. The Morgan fingerprint density at radius 2 is 1.02 bits per heavy atom.